The molecule has 1 aromatic rings. The van der Waals surface area contributed by atoms with Gasteiger partial charge in [-0.3, -0.25) is 0 Å². The summed E-state index contributed by atoms with van der Waals surface area (Å²) in [5.41, 5.74) is -0.646. The molecule has 0 radical (unpaired) electrons. The monoisotopic (exact) mass is 452 g/mol. The number of nitrogens with one attached hydrogen (secondary N) is 1. The SMILES string of the molecule is C=C(NC(C)=O)C(=O)N1[C@@H](C[Se]c2ccccc2)CC[C@H]1C(=O)OC(C)(C)C. The van der Waals surface area contributed by atoms with Crippen LogP contribution in [0.25, 0.3) is 0 Å². The van der Waals surface area contributed by atoms with Crippen molar-refractivity contribution >= 4 is 37.2 Å². The fourth-order valence-electron chi connectivity index (χ4n) is 3.09. The first kappa shape index (κ1) is 22.2. The summed E-state index contributed by atoms with van der Waals surface area (Å²) in [5.74, 6) is -1.19. The minimum absolute atomic E-state index is 0.0137. The number of nitrogens with zero attached hydrogens (tertiary/aromatic N) is 1. The number of carbonyl (C=O) groups is 3. The molecule has 0 aliphatic carbocycles. The molecule has 2 rings (SSSR count). The Labute approximate surface area is 172 Å². The van der Waals surface area contributed by atoms with E-state index in [1.54, 1.807) is 25.7 Å². The van der Waals surface area contributed by atoms with Crippen molar-refractivity contribution in [2.45, 2.75) is 63.5 Å². The molecule has 1 heterocycles. The number of hydrogen-bond donors (Lipinski definition) is 1. The summed E-state index contributed by atoms with van der Waals surface area (Å²) in [4.78, 5) is 38.6. The third kappa shape index (κ3) is 6.21. The standard InChI is InChI=1S/C21H28N2O4Se/c1-14(22-15(2)24)19(25)23-16(13-28-17-9-7-6-8-10-17)11-12-18(23)20(26)27-21(3,4)5/h6-10,16,18H,1,11-13H2,2-5H3,(H,22,24)/t16-,18+/m1/s1. The second kappa shape index (κ2) is 9.39. The predicted octanol–water partition coefficient (Wildman–Crippen LogP) is 1.79. The van der Waals surface area contributed by atoms with Crippen molar-refractivity contribution in [1.29, 1.82) is 0 Å². The fraction of sp³-hybridized carbons (Fsp3) is 0.476. The van der Waals surface area contributed by atoms with E-state index >= 15 is 0 Å². The van der Waals surface area contributed by atoms with E-state index in [0.717, 1.165) is 11.7 Å². The summed E-state index contributed by atoms with van der Waals surface area (Å²) in [5, 5.41) is 3.24. The Hall–Kier alpha value is -2.11. The van der Waals surface area contributed by atoms with Crippen LogP contribution in [0.5, 0.6) is 0 Å². The van der Waals surface area contributed by atoms with Gasteiger partial charge in [0.05, 0.1) is 0 Å². The van der Waals surface area contributed by atoms with E-state index in [1.807, 2.05) is 18.2 Å². The van der Waals surface area contributed by atoms with Gasteiger partial charge < -0.3 is 0 Å². The summed E-state index contributed by atoms with van der Waals surface area (Å²) in [6.07, 6.45) is 1.27. The molecule has 152 valence electrons. The van der Waals surface area contributed by atoms with Gasteiger partial charge in [-0.15, -0.1) is 0 Å². The van der Waals surface area contributed by atoms with Gasteiger partial charge >= 0.3 is 173 Å². The zero-order valence-corrected chi connectivity index (χ0v) is 18.6. The van der Waals surface area contributed by atoms with Gasteiger partial charge in [0, 0.05) is 0 Å². The second-order valence-electron chi connectivity index (χ2n) is 7.78. The van der Waals surface area contributed by atoms with E-state index in [4.69, 9.17) is 4.74 Å². The summed E-state index contributed by atoms with van der Waals surface area (Å²) in [7, 11) is 0. The van der Waals surface area contributed by atoms with E-state index < -0.39 is 23.5 Å². The van der Waals surface area contributed by atoms with E-state index in [2.05, 4.69) is 24.0 Å². The first-order valence-electron chi connectivity index (χ1n) is 9.28. The Bertz CT molecular complexity index is 743. The van der Waals surface area contributed by atoms with Gasteiger partial charge in [0.2, 0.25) is 0 Å². The van der Waals surface area contributed by atoms with Crippen LogP contribution in [0.3, 0.4) is 0 Å². The van der Waals surface area contributed by atoms with Crippen molar-refractivity contribution in [3.05, 3.63) is 42.6 Å². The van der Waals surface area contributed by atoms with Gasteiger partial charge in [-0.05, 0) is 0 Å². The maximum absolute atomic E-state index is 13.0. The van der Waals surface area contributed by atoms with E-state index in [9.17, 15) is 14.4 Å². The van der Waals surface area contributed by atoms with Gasteiger partial charge in [-0.2, -0.15) is 0 Å². The van der Waals surface area contributed by atoms with Crippen LogP contribution in [0.4, 0.5) is 0 Å². The van der Waals surface area contributed by atoms with Crippen molar-refractivity contribution in [2.75, 3.05) is 0 Å². The molecule has 0 saturated carbocycles. The molecule has 0 bridgehead atoms. The number of likely N-dealkylation sites (tertiary alicyclic amines) is 1. The molecule has 1 aliphatic heterocycles. The fourth-order valence-corrected chi connectivity index (χ4v) is 5.31. The van der Waals surface area contributed by atoms with Crippen LogP contribution in [-0.2, 0) is 19.1 Å². The molecule has 0 aromatic heterocycles. The van der Waals surface area contributed by atoms with Gasteiger partial charge in [0.25, 0.3) is 0 Å². The first-order chi connectivity index (χ1) is 13.1. The minimum atomic E-state index is -0.659. The quantitative estimate of drug-likeness (QED) is 0.407. The molecule has 2 atom stereocenters. The number of esters is 1. The normalized spacial score (nSPS) is 19.2. The number of amides is 2. The molecule has 6 nitrogen and oxygen atoms in total. The number of hydrogen-bond acceptors (Lipinski definition) is 4. The van der Waals surface area contributed by atoms with Crippen LogP contribution >= 0.6 is 0 Å². The molecule has 28 heavy (non-hydrogen) atoms. The average Bonchev–Trinajstić information content (AvgIpc) is 3.02. The number of benzene rings is 1. The molecular weight excluding hydrogens is 423 g/mol. The molecule has 1 aromatic carbocycles. The van der Waals surface area contributed by atoms with Crippen molar-refractivity contribution in [1.82, 2.24) is 10.2 Å². The summed E-state index contributed by atoms with van der Waals surface area (Å²) < 4.78 is 6.77. The van der Waals surface area contributed by atoms with E-state index in [1.165, 1.54) is 11.4 Å². The third-order valence-corrected chi connectivity index (χ3v) is 6.61. The van der Waals surface area contributed by atoms with Crippen LogP contribution in [-0.4, -0.2) is 55.3 Å². The van der Waals surface area contributed by atoms with Crippen LogP contribution in [0.15, 0.2) is 42.6 Å². The molecule has 0 spiro atoms. The molecule has 1 saturated heterocycles. The number of ether oxygens (including phenoxy) is 1. The predicted molar refractivity (Wildman–Crippen MR) is 109 cm³/mol. The van der Waals surface area contributed by atoms with Crippen molar-refractivity contribution in [3.63, 3.8) is 0 Å². The van der Waals surface area contributed by atoms with Gasteiger partial charge in [0.15, 0.2) is 0 Å². The summed E-state index contributed by atoms with van der Waals surface area (Å²) in [6, 6.07) is 9.37. The van der Waals surface area contributed by atoms with Crippen LogP contribution in [0, 0.1) is 0 Å². The average molecular weight is 451 g/mol. The topological polar surface area (TPSA) is 75.7 Å². The Balaban J connectivity index is 2.18. The molecule has 1 N–H and O–H groups in total. The summed E-state index contributed by atoms with van der Waals surface area (Å²) in [6.45, 7) is 10.4. The summed E-state index contributed by atoms with van der Waals surface area (Å²) >= 11 is 0.169. The van der Waals surface area contributed by atoms with E-state index in [-0.39, 0.29) is 32.6 Å². The molecule has 2 amide bonds. The third-order valence-electron chi connectivity index (χ3n) is 4.19. The number of rotatable bonds is 6. The van der Waals surface area contributed by atoms with E-state index in [0.29, 0.717) is 6.42 Å². The second-order valence-corrected chi connectivity index (χ2v) is 10.1. The Morgan fingerprint density at radius 2 is 1.86 bits per heavy atom. The molecule has 0 unspecified atom stereocenters. The van der Waals surface area contributed by atoms with Crippen molar-refractivity contribution < 1.29 is 19.1 Å². The van der Waals surface area contributed by atoms with Gasteiger partial charge in [0.1, 0.15) is 0 Å². The Morgan fingerprint density at radius 1 is 1.21 bits per heavy atom. The van der Waals surface area contributed by atoms with Crippen molar-refractivity contribution in [2.24, 2.45) is 0 Å². The Morgan fingerprint density at radius 3 is 2.43 bits per heavy atom. The van der Waals surface area contributed by atoms with Gasteiger partial charge in [-0.1, -0.05) is 0 Å². The molecule has 1 aliphatic rings. The van der Waals surface area contributed by atoms with Crippen LogP contribution in [0.1, 0.15) is 40.5 Å². The maximum atomic E-state index is 13.0. The van der Waals surface area contributed by atoms with Gasteiger partial charge in [-0.25, -0.2) is 0 Å². The molecular formula is C21H28N2O4Se. The first-order valence-corrected chi connectivity index (χ1v) is 11.3. The zero-order chi connectivity index (χ0) is 20.9. The van der Waals surface area contributed by atoms with Crippen molar-refractivity contribution in [3.8, 4) is 0 Å². The van der Waals surface area contributed by atoms with Crippen LogP contribution in [0.2, 0.25) is 5.32 Å². The molecule has 1 fully saturated rings. The number of carbonyl (C=O) groups excluding carboxylic acids is 3. The van der Waals surface area contributed by atoms with Crippen LogP contribution < -0.4 is 9.78 Å². The Kier molecular flexibility index (Phi) is 7.44. The molecule has 7 heteroatoms. The zero-order valence-electron chi connectivity index (χ0n) is 16.9.